The van der Waals surface area contributed by atoms with Crippen LogP contribution in [0, 0.1) is 0 Å². The Kier molecular flexibility index (Phi) is 6.63. The summed E-state index contributed by atoms with van der Waals surface area (Å²) in [5.74, 6) is -0.839. The van der Waals surface area contributed by atoms with Crippen LogP contribution in [0.5, 0.6) is 0 Å². The lowest BCUT2D eigenvalue weighted by atomic mass is 10.1. The van der Waals surface area contributed by atoms with Gasteiger partial charge in [0, 0.05) is 13.1 Å². The average Bonchev–Trinajstić information content (AvgIpc) is 2.33. The van der Waals surface area contributed by atoms with Crippen molar-refractivity contribution in [2.45, 2.75) is 19.4 Å². The van der Waals surface area contributed by atoms with Gasteiger partial charge in [0.1, 0.15) is 0 Å². The highest BCUT2D eigenvalue weighted by Crippen LogP contribution is 2.05. The number of nitrogens with one attached hydrogen (secondary N) is 2. The minimum atomic E-state index is -3.10. The van der Waals surface area contributed by atoms with Crippen LogP contribution in [-0.4, -0.2) is 38.8 Å². The molecule has 0 unspecified atom stereocenters. The lowest BCUT2D eigenvalue weighted by molar-refractivity contribution is -0.136. The third kappa shape index (κ3) is 7.88. The van der Waals surface area contributed by atoms with E-state index in [1.165, 1.54) is 0 Å². The van der Waals surface area contributed by atoms with Crippen molar-refractivity contribution >= 4 is 16.0 Å². The first-order valence-corrected chi connectivity index (χ1v) is 8.21. The smallest absolute Gasteiger partial charge is 0.307 e. The molecule has 0 spiro atoms. The zero-order valence-electron chi connectivity index (χ0n) is 11.4. The molecule has 0 aliphatic heterocycles. The third-order valence-corrected chi connectivity index (χ3v) is 3.33. The molecule has 0 bridgehead atoms. The second-order valence-electron chi connectivity index (χ2n) is 4.58. The monoisotopic (exact) mass is 300 g/mol. The van der Waals surface area contributed by atoms with Crippen molar-refractivity contribution in [3.63, 3.8) is 0 Å². The molecule has 0 aromatic heterocycles. The molecule has 0 saturated heterocycles. The van der Waals surface area contributed by atoms with Crippen molar-refractivity contribution in [3.8, 4) is 0 Å². The van der Waals surface area contributed by atoms with Crippen LogP contribution in [0.15, 0.2) is 24.3 Å². The van der Waals surface area contributed by atoms with Gasteiger partial charge in [-0.05, 0) is 24.1 Å². The molecule has 7 heteroatoms. The second kappa shape index (κ2) is 7.98. The molecule has 6 nitrogen and oxygen atoms in total. The van der Waals surface area contributed by atoms with Gasteiger partial charge < -0.3 is 10.4 Å². The molecule has 3 N–H and O–H groups in total. The molecule has 112 valence electrons. The fraction of sp³-hybridized carbons (Fsp3) is 0.462. The Morgan fingerprint density at radius 3 is 2.30 bits per heavy atom. The SMILES string of the molecule is CS(=O)(=O)NCCCNCc1ccc(CC(=O)O)cc1. The zero-order valence-corrected chi connectivity index (χ0v) is 12.2. The molecule has 1 aromatic rings. The lowest BCUT2D eigenvalue weighted by Crippen LogP contribution is -2.26. The maximum Gasteiger partial charge on any atom is 0.307 e. The van der Waals surface area contributed by atoms with Gasteiger partial charge in [0.2, 0.25) is 10.0 Å². The van der Waals surface area contributed by atoms with Crippen LogP contribution < -0.4 is 10.0 Å². The molecule has 0 aliphatic rings. The molecular formula is C13H20N2O4S. The topological polar surface area (TPSA) is 95.5 Å². The van der Waals surface area contributed by atoms with Crippen molar-refractivity contribution in [3.05, 3.63) is 35.4 Å². The fourth-order valence-electron chi connectivity index (χ4n) is 1.65. The molecule has 0 aliphatic carbocycles. The number of carboxylic acid groups (broad SMARTS) is 1. The predicted molar refractivity (Wildman–Crippen MR) is 77.0 cm³/mol. The van der Waals surface area contributed by atoms with Crippen LogP contribution in [0.4, 0.5) is 0 Å². The summed E-state index contributed by atoms with van der Waals surface area (Å²) in [5, 5.41) is 11.9. The van der Waals surface area contributed by atoms with E-state index in [1.54, 1.807) is 12.1 Å². The van der Waals surface area contributed by atoms with E-state index in [0.29, 0.717) is 26.1 Å². The highest BCUT2D eigenvalue weighted by Gasteiger charge is 2.01. The lowest BCUT2D eigenvalue weighted by Gasteiger charge is -2.06. The highest BCUT2D eigenvalue weighted by molar-refractivity contribution is 7.88. The van der Waals surface area contributed by atoms with E-state index in [2.05, 4.69) is 10.0 Å². The van der Waals surface area contributed by atoms with Crippen LogP contribution in [0.25, 0.3) is 0 Å². The van der Waals surface area contributed by atoms with Gasteiger partial charge in [-0.3, -0.25) is 4.79 Å². The first-order chi connectivity index (χ1) is 9.37. The average molecular weight is 300 g/mol. The normalized spacial score (nSPS) is 11.4. The molecule has 0 atom stereocenters. The van der Waals surface area contributed by atoms with E-state index in [9.17, 15) is 13.2 Å². The Bertz CT molecular complexity index is 526. The molecule has 20 heavy (non-hydrogen) atoms. The number of aliphatic carboxylic acids is 1. The molecule has 0 heterocycles. The summed E-state index contributed by atoms with van der Waals surface area (Å²) >= 11 is 0. The maximum absolute atomic E-state index is 10.8. The van der Waals surface area contributed by atoms with Crippen molar-refractivity contribution in [2.24, 2.45) is 0 Å². The van der Waals surface area contributed by atoms with E-state index < -0.39 is 16.0 Å². The Morgan fingerprint density at radius 1 is 1.15 bits per heavy atom. The number of hydrogen-bond donors (Lipinski definition) is 3. The zero-order chi connectivity index (χ0) is 15.0. The van der Waals surface area contributed by atoms with Gasteiger partial charge in [0.15, 0.2) is 0 Å². The van der Waals surface area contributed by atoms with E-state index in [-0.39, 0.29) is 6.42 Å². The molecule has 1 aromatic carbocycles. The Balaban J connectivity index is 2.20. The van der Waals surface area contributed by atoms with Gasteiger partial charge in [-0.1, -0.05) is 24.3 Å². The first-order valence-electron chi connectivity index (χ1n) is 6.32. The summed E-state index contributed by atoms with van der Waals surface area (Å²) in [4.78, 5) is 10.5. The van der Waals surface area contributed by atoms with Gasteiger partial charge in [-0.2, -0.15) is 0 Å². The van der Waals surface area contributed by atoms with Crippen molar-refractivity contribution < 1.29 is 18.3 Å². The number of sulfonamides is 1. The van der Waals surface area contributed by atoms with Gasteiger partial charge in [0.05, 0.1) is 12.7 Å². The Labute approximate surface area is 119 Å². The highest BCUT2D eigenvalue weighted by atomic mass is 32.2. The first kappa shape index (κ1) is 16.6. The van der Waals surface area contributed by atoms with Crippen molar-refractivity contribution in [1.29, 1.82) is 0 Å². The van der Waals surface area contributed by atoms with E-state index in [1.807, 2.05) is 12.1 Å². The number of benzene rings is 1. The summed E-state index contributed by atoms with van der Waals surface area (Å²) in [6.07, 6.45) is 1.88. The molecule has 0 fully saturated rings. The van der Waals surface area contributed by atoms with Crippen molar-refractivity contribution in [2.75, 3.05) is 19.3 Å². The van der Waals surface area contributed by atoms with E-state index in [0.717, 1.165) is 17.4 Å². The van der Waals surface area contributed by atoms with Crippen LogP contribution >= 0.6 is 0 Å². The molecule has 1 rings (SSSR count). The summed E-state index contributed by atoms with van der Waals surface area (Å²) in [6.45, 7) is 1.80. The summed E-state index contributed by atoms with van der Waals surface area (Å²) < 4.78 is 24.1. The molecule has 0 amide bonds. The quantitative estimate of drug-likeness (QED) is 0.572. The van der Waals surface area contributed by atoms with Gasteiger partial charge >= 0.3 is 5.97 Å². The summed E-state index contributed by atoms with van der Waals surface area (Å²) in [5.41, 5.74) is 1.84. The Hall–Kier alpha value is -1.44. The van der Waals surface area contributed by atoms with Gasteiger partial charge in [-0.15, -0.1) is 0 Å². The van der Waals surface area contributed by atoms with Crippen LogP contribution in [0.3, 0.4) is 0 Å². The van der Waals surface area contributed by atoms with Crippen LogP contribution in [-0.2, 0) is 27.8 Å². The number of carboxylic acids is 1. The van der Waals surface area contributed by atoms with Crippen LogP contribution in [0.1, 0.15) is 17.5 Å². The fourth-order valence-corrected chi connectivity index (χ4v) is 2.17. The summed E-state index contributed by atoms with van der Waals surface area (Å²) in [7, 11) is -3.10. The minimum Gasteiger partial charge on any atom is -0.481 e. The third-order valence-electron chi connectivity index (χ3n) is 2.60. The van der Waals surface area contributed by atoms with E-state index in [4.69, 9.17) is 5.11 Å². The van der Waals surface area contributed by atoms with Gasteiger partial charge in [0.25, 0.3) is 0 Å². The van der Waals surface area contributed by atoms with Crippen molar-refractivity contribution in [1.82, 2.24) is 10.0 Å². The maximum atomic E-state index is 10.8. The Morgan fingerprint density at radius 2 is 1.75 bits per heavy atom. The van der Waals surface area contributed by atoms with E-state index >= 15 is 0 Å². The van der Waals surface area contributed by atoms with Gasteiger partial charge in [-0.25, -0.2) is 13.1 Å². The largest absolute Gasteiger partial charge is 0.481 e. The summed E-state index contributed by atoms with van der Waals surface area (Å²) in [6, 6.07) is 7.38. The number of hydrogen-bond acceptors (Lipinski definition) is 4. The number of rotatable bonds is 9. The molecule has 0 radical (unpaired) electrons. The van der Waals surface area contributed by atoms with Crippen LogP contribution in [0.2, 0.25) is 0 Å². The molecular weight excluding hydrogens is 280 g/mol. The predicted octanol–water partition coefficient (Wildman–Crippen LogP) is 0.343. The molecule has 0 saturated carbocycles. The number of carbonyl (C=O) groups is 1. The second-order valence-corrected chi connectivity index (χ2v) is 6.42. The minimum absolute atomic E-state index is 0.0326. The standard InChI is InChI=1S/C13H20N2O4S/c1-20(18,19)15-8-2-7-14-10-12-5-3-11(4-6-12)9-13(16)17/h3-6,14-15H,2,7-10H2,1H3,(H,16,17).